The molecule has 22 heavy (non-hydrogen) atoms. The Morgan fingerprint density at radius 2 is 2.00 bits per heavy atom. The molecule has 1 saturated heterocycles. The average molecular weight is 368 g/mol. The summed E-state index contributed by atoms with van der Waals surface area (Å²) in [5, 5.41) is 4.05. The number of benzene rings is 1. The van der Waals surface area contributed by atoms with Crippen molar-refractivity contribution < 1.29 is 4.74 Å². The van der Waals surface area contributed by atoms with Gasteiger partial charge in [-0.3, -0.25) is 4.90 Å². The van der Waals surface area contributed by atoms with Crippen LogP contribution in [-0.4, -0.2) is 38.2 Å². The molecular formula is C16H25Cl3N2O. The van der Waals surface area contributed by atoms with Crippen LogP contribution in [0, 0.1) is 0 Å². The lowest BCUT2D eigenvalue weighted by Crippen LogP contribution is -2.45. The maximum Gasteiger partial charge on any atom is 0.137 e. The highest BCUT2D eigenvalue weighted by Crippen LogP contribution is 2.33. The van der Waals surface area contributed by atoms with Crippen LogP contribution in [0.3, 0.4) is 0 Å². The Labute approximate surface area is 150 Å². The van der Waals surface area contributed by atoms with Gasteiger partial charge in [0.15, 0.2) is 0 Å². The van der Waals surface area contributed by atoms with E-state index in [0.717, 1.165) is 38.3 Å². The highest BCUT2D eigenvalue weighted by atomic mass is 35.5. The van der Waals surface area contributed by atoms with E-state index in [-0.39, 0.29) is 24.8 Å². The molecule has 1 fully saturated rings. The minimum atomic E-state index is 0. The van der Waals surface area contributed by atoms with Crippen LogP contribution >= 0.6 is 36.4 Å². The quantitative estimate of drug-likeness (QED) is 0.793. The van der Waals surface area contributed by atoms with Crippen molar-refractivity contribution in [2.75, 3.05) is 33.3 Å². The summed E-state index contributed by atoms with van der Waals surface area (Å²) < 4.78 is 5.34. The summed E-state index contributed by atoms with van der Waals surface area (Å²) in [6.45, 7) is 10.4. The van der Waals surface area contributed by atoms with E-state index in [9.17, 15) is 0 Å². The van der Waals surface area contributed by atoms with Crippen LogP contribution in [0.1, 0.15) is 24.9 Å². The maximum atomic E-state index is 6.13. The minimum Gasteiger partial charge on any atom is -0.495 e. The normalized spacial score (nSPS) is 16.1. The highest BCUT2D eigenvalue weighted by Gasteiger charge is 2.22. The van der Waals surface area contributed by atoms with E-state index in [1.807, 2.05) is 6.07 Å². The van der Waals surface area contributed by atoms with Crippen molar-refractivity contribution in [2.24, 2.45) is 0 Å². The number of rotatable bonds is 5. The molecule has 0 aliphatic carbocycles. The predicted molar refractivity (Wildman–Crippen MR) is 99.1 cm³/mol. The van der Waals surface area contributed by atoms with E-state index in [2.05, 4.69) is 35.9 Å². The first kappa shape index (κ1) is 21.6. The third kappa shape index (κ3) is 5.64. The summed E-state index contributed by atoms with van der Waals surface area (Å²) >= 11 is 6.13. The van der Waals surface area contributed by atoms with Crippen LogP contribution in [-0.2, 0) is 0 Å². The van der Waals surface area contributed by atoms with Crippen molar-refractivity contribution in [3.05, 3.63) is 40.9 Å². The Bertz CT molecular complexity index is 476. The number of piperazine rings is 1. The fourth-order valence-corrected chi connectivity index (χ4v) is 2.86. The number of nitrogens with zero attached hydrogens (tertiary/aromatic N) is 1. The summed E-state index contributed by atoms with van der Waals surface area (Å²) in [4.78, 5) is 2.51. The van der Waals surface area contributed by atoms with Gasteiger partial charge in [0.05, 0.1) is 12.1 Å². The maximum absolute atomic E-state index is 6.13. The highest BCUT2D eigenvalue weighted by molar-refractivity contribution is 6.32. The first-order valence-corrected chi connectivity index (χ1v) is 7.42. The Morgan fingerprint density at radius 3 is 2.55 bits per heavy atom. The summed E-state index contributed by atoms with van der Waals surface area (Å²) in [6.07, 6.45) is 0.963. The molecule has 2 rings (SSSR count). The third-order valence-corrected chi connectivity index (χ3v) is 4.01. The van der Waals surface area contributed by atoms with E-state index >= 15 is 0 Å². The van der Waals surface area contributed by atoms with E-state index in [1.165, 1.54) is 11.1 Å². The molecule has 1 atom stereocenters. The molecule has 1 aromatic carbocycles. The van der Waals surface area contributed by atoms with Gasteiger partial charge in [0.25, 0.3) is 0 Å². The van der Waals surface area contributed by atoms with Gasteiger partial charge >= 0.3 is 0 Å². The molecule has 126 valence electrons. The summed E-state index contributed by atoms with van der Waals surface area (Å²) in [5.41, 5.74) is 2.44. The Kier molecular flexibility index (Phi) is 10.1. The Morgan fingerprint density at radius 1 is 1.36 bits per heavy atom. The lowest BCUT2D eigenvalue weighted by Gasteiger charge is -2.35. The van der Waals surface area contributed by atoms with Gasteiger partial charge in [0.1, 0.15) is 5.75 Å². The predicted octanol–water partition coefficient (Wildman–Crippen LogP) is 4.10. The fourth-order valence-electron chi connectivity index (χ4n) is 2.67. The lowest BCUT2D eigenvalue weighted by atomic mass is 9.97. The monoisotopic (exact) mass is 366 g/mol. The molecule has 0 saturated carbocycles. The van der Waals surface area contributed by atoms with Crippen LogP contribution in [0.2, 0.25) is 5.02 Å². The van der Waals surface area contributed by atoms with Gasteiger partial charge in [-0.15, -0.1) is 31.4 Å². The van der Waals surface area contributed by atoms with Gasteiger partial charge in [-0.2, -0.15) is 0 Å². The molecule has 1 aromatic rings. The first-order chi connectivity index (χ1) is 9.61. The number of nitrogens with one attached hydrogen (secondary N) is 1. The molecule has 1 N–H and O–H groups in total. The summed E-state index contributed by atoms with van der Waals surface area (Å²) in [7, 11) is 1.66. The summed E-state index contributed by atoms with van der Waals surface area (Å²) in [6, 6.07) is 6.42. The number of halogens is 3. The molecule has 0 bridgehead atoms. The molecule has 0 aromatic heterocycles. The third-order valence-electron chi connectivity index (χ3n) is 3.69. The smallest absolute Gasteiger partial charge is 0.137 e. The van der Waals surface area contributed by atoms with Crippen LogP contribution in [0.15, 0.2) is 30.4 Å². The first-order valence-electron chi connectivity index (χ1n) is 7.04. The van der Waals surface area contributed by atoms with E-state index in [1.54, 1.807) is 7.11 Å². The van der Waals surface area contributed by atoms with Crippen LogP contribution in [0.5, 0.6) is 5.75 Å². The number of hydrogen-bond donors (Lipinski definition) is 1. The van der Waals surface area contributed by atoms with E-state index in [0.29, 0.717) is 11.1 Å². The van der Waals surface area contributed by atoms with Crippen molar-refractivity contribution in [1.82, 2.24) is 10.2 Å². The SMILES string of the molecule is C=C(C)C[C@@H](c1ccc(Cl)c(OC)c1)N1CCNCC1.Cl.Cl. The molecule has 1 aliphatic rings. The molecule has 0 spiro atoms. The molecule has 0 unspecified atom stereocenters. The van der Waals surface area contributed by atoms with Crippen LogP contribution < -0.4 is 10.1 Å². The number of ether oxygens (including phenoxy) is 1. The molecule has 6 heteroatoms. The summed E-state index contributed by atoms with van der Waals surface area (Å²) in [5.74, 6) is 0.742. The van der Waals surface area contributed by atoms with Crippen molar-refractivity contribution in [1.29, 1.82) is 0 Å². The van der Waals surface area contributed by atoms with Crippen molar-refractivity contribution in [3.63, 3.8) is 0 Å². The topological polar surface area (TPSA) is 24.5 Å². The van der Waals surface area contributed by atoms with Crippen LogP contribution in [0.4, 0.5) is 0 Å². The van der Waals surface area contributed by atoms with E-state index in [4.69, 9.17) is 16.3 Å². The van der Waals surface area contributed by atoms with E-state index < -0.39 is 0 Å². The zero-order valence-corrected chi connectivity index (χ0v) is 15.5. The van der Waals surface area contributed by atoms with Crippen molar-refractivity contribution >= 4 is 36.4 Å². The fraction of sp³-hybridized carbons (Fsp3) is 0.500. The number of methoxy groups -OCH3 is 1. The van der Waals surface area contributed by atoms with Gasteiger partial charge in [0, 0.05) is 32.2 Å². The molecule has 3 nitrogen and oxygen atoms in total. The molecule has 1 aliphatic heterocycles. The van der Waals surface area contributed by atoms with Crippen molar-refractivity contribution in [3.8, 4) is 5.75 Å². The molecule has 0 radical (unpaired) electrons. The molecular weight excluding hydrogens is 343 g/mol. The van der Waals surface area contributed by atoms with Crippen LogP contribution in [0.25, 0.3) is 0 Å². The van der Waals surface area contributed by atoms with Gasteiger partial charge in [0.2, 0.25) is 0 Å². The average Bonchev–Trinajstić information content (AvgIpc) is 2.46. The molecule has 0 amide bonds. The zero-order chi connectivity index (χ0) is 14.5. The standard InChI is InChI=1S/C16H23ClN2O.2ClH/c1-12(2)10-15(19-8-6-18-7-9-19)13-4-5-14(17)16(11-13)20-3;;/h4-5,11,15,18H,1,6-10H2,2-3H3;2*1H/t15-;;/m0../s1. The second-order valence-corrected chi connectivity index (χ2v) is 5.76. The van der Waals surface area contributed by atoms with Gasteiger partial charge in [-0.05, 0) is 31.0 Å². The van der Waals surface area contributed by atoms with Gasteiger partial charge < -0.3 is 10.1 Å². The van der Waals surface area contributed by atoms with Crippen molar-refractivity contribution in [2.45, 2.75) is 19.4 Å². The largest absolute Gasteiger partial charge is 0.495 e. The minimum absolute atomic E-state index is 0. The Hall–Kier alpha value is -0.450. The zero-order valence-electron chi connectivity index (χ0n) is 13.1. The lowest BCUT2D eigenvalue weighted by molar-refractivity contribution is 0.172. The van der Waals surface area contributed by atoms with Gasteiger partial charge in [-0.25, -0.2) is 0 Å². The number of hydrogen-bond acceptors (Lipinski definition) is 3. The Balaban J connectivity index is 0.00000220. The second kappa shape index (κ2) is 10.3. The van der Waals surface area contributed by atoms with Gasteiger partial charge in [-0.1, -0.05) is 23.2 Å². The molecule has 1 heterocycles. The second-order valence-electron chi connectivity index (χ2n) is 5.36.